The van der Waals surface area contributed by atoms with E-state index in [2.05, 4.69) is 56.8 Å². The highest BCUT2D eigenvalue weighted by Gasteiger charge is 2.09. The van der Waals surface area contributed by atoms with Crippen LogP contribution < -0.4 is 16.4 Å². The van der Waals surface area contributed by atoms with Crippen molar-refractivity contribution in [3.63, 3.8) is 0 Å². The van der Waals surface area contributed by atoms with E-state index < -0.39 is 0 Å². The first-order chi connectivity index (χ1) is 11.6. The summed E-state index contributed by atoms with van der Waals surface area (Å²) in [5.74, 6) is 1.83. The van der Waals surface area contributed by atoms with E-state index in [1.807, 2.05) is 25.1 Å². The second-order valence-electron chi connectivity index (χ2n) is 5.61. The Bertz CT molecular complexity index is 829. The summed E-state index contributed by atoms with van der Waals surface area (Å²) in [6.45, 7) is 4.64. The molecule has 4 N–H and O–H groups in total. The first-order valence-electron chi connectivity index (χ1n) is 7.72. The smallest absolute Gasteiger partial charge is 0.160 e. The predicted molar refractivity (Wildman–Crippen MR) is 97.2 cm³/mol. The van der Waals surface area contributed by atoms with Gasteiger partial charge in [-0.05, 0) is 31.5 Å². The number of benzene rings is 1. The Hall–Kier alpha value is -3.15. The van der Waals surface area contributed by atoms with Crippen molar-refractivity contribution < 1.29 is 0 Å². The van der Waals surface area contributed by atoms with Crippen LogP contribution in [-0.2, 0) is 6.54 Å². The normalized spacial score (nSPS) is 10.4. The first-order valence-corrected chi connectivity index (χ1v) is 7.72. The Morgan fingerprint density at radius 2 is 1.71 bits per heavy atom. The summed E-state index contributed by atoms with van der Waals surface area (Å²) < 4.78 is 0. The van der Waals surface area contributed by atoms with E-state index >= 15 is 0 Å². The van der Waals surface area contributed by atoms with Crippen molar-refractivity contribution in [2.24, 2.45) is 0 Å². The summed E-state index contributed by atoms with van der Waals surface area (Å²) >= 11 is 0. The zero-order valence-electron chi connectivity index (χ0n) is 13.7. The summed E-state index contributed by atoms with van der Waals surface area (Å²) in [7, 11) is 0. The van der Waals surface area contributed by atoms with Gasteiger partial charge in [-0.2, -0.15) is 0 Å². The molecular weight excluding hydrogens is 300 g/mol. The van der Waals surface area contributed by atoms with Gasteiger partial charge >= 0.3 is 0 Å². The molecule has 24 heavy (non-hydrogen) atoms. The van der Waals surface area contributed by atoms with Crippen LogP contribution in [0.25, 0.3) is 0 Å². The van der Waals surface area contributed by atoms with Gasteiger partial charge in [0, 0.05) is 12.2 Å². The molecule has 2 heterocycles. The number of anilines is 4. The van der Waals surface area contributed by atoms with Gasteiger partial charge < -0.3 is 16.4 Å². The molecule has 0 aliphatic carbocycles. The lowest BCUT2D eigenvalue weighted by molar-refractivity contribution is 1.08. The number of nitrogens with one attached hydrogen (secondary N) is 2. The highest BCUT2D eigenvalue weighted by molar-refractivity contribution is 5.76. The SMILES string of the molecule is Cc1ccc(CNc2ncnc(Nc3cccc(C)n3)c2N)cc1. The van der Waals surface area contributed by atoms with Crippen molar-refractivity contribution in [3.8, 4) is 0 Å². The molecule has 0 saturated carbocycles. The standard InChI is InChI=1S/C18H20N6/c1-12-6-8-14(9-7-12)10-20-17-16(19)18(22-11-21-17)24-15-5-3-4-13(2)23-15/h3-9,11H,10,19H2,1-2H3,(H2,20,21,22,23,24). The number of nitrogen functional groups attached to an aromatic ring is 1. The Balaban J connectivity index is 1.74. The fraction of sp³-hybridized carbons (Fsp3) is 0.167. The molecule has 0 radical (unpaired) electrons. The maximum Gasteiger partial charge on any atom is 0.160 e. The molecular formula is C18H20N6. The third-order valence-electron chi connectivity index (χ3n) is 3.60. The van der Waals surface area contributed by atoms with E-state index in [0.29, 0.717) is 29.7 Å². The minimum Gasteiger partial charge on any atom is -0.393 e. The van der Waals surface area contributed by atoms with Crippen LogP contribution in [-0.4, -0.2) is 15.0 Å². The van der Waals surface area contributed by atoms with Gasteiger partial charge in [0.1, 0.15) is 17.8 Å². The number of aromatic nitrogens is 3. The first kappa shape index (κ1) is 15.7. The zero-order chi connectivity index (χ0) is 16.9. The van der Waals surface area contributed by atoms with Gasteiger partial charge in [-0.3, -0.25) is 0 Å². The second kappa shape index (κ2) is 6.95. The van der Waals surface area contributed by atoms with Gasteiger partial charge in [-0.1, -0.05) is 35.9 Å². The quantitative estimate of drug-likeness (QED) is 0.667. The van der Waals surface area contributed by atoms with E-state index in [4.69, 9.17) is 5.73 Å². The number of pyridine rings is 1. The fourth-order valence-corrected chi connectivity index (χ4v) is 2.26. The van der Waals surface area contributed by atoms with Crippen molar-refractivity contribution >= 4 is 23.1 Å². The number of aryl methyl sites for hydroxylation is 2. The lowest BCUT2D eigenvalue weighted by Gasteiger charge is -2.12. The molecule has 6 heteroatoms. The van der Waals surface area contributed by atoms with Crippen molar-refractivity contribution in [3.05, 3.63) is 65.6 Å². The molecule has 2 aromatic heterocycles. The number of nitrogens with zero attached hydrogens (tertiary/aromatic N) is 3. The van der Waals surface area contributed by atoms with Gasteiger partial charge in [-0.25, -0.2) is 15.0 Å². The Labute approximate surface area is 141 Å². The minimum absolute atomic E-state index is 0.466. The molecule has 0 saturated heterocycles. The van der Waals surface area contributed by atoms with Crippen LogP contribution in [0.2, 0.25) is 0 Å². The summed E-state index contributed by atoms with van der Waals surface area (Å²) in [5.41, 5.74) is 9.96. The molecule has 122 valence electrons. The molecule has 0 aliphatic heterocycles. The van der Waals surface area contributed by atoms with Crippen LogP contribution in [0.5, 0.6) is 0 Å². The maximum atomic E-state index is 6.18. The van der Waals surface area contributed by atoms with Gasteiger partial charge in [0.2, 0.25) is 0 Å². The molecule has 0 unspecified atom stereocenters. The van der Waals surface area contributed by atoms with Crippen LogP contribution in [0, 0.1) is 13.8 Å². The van der Waals surface area contributed by atoms with Crippen LogP contribution in [0.4, 0.5) is 23.1 Å². The van der Waals surface area contributed by atoms with Crippen LogP contribution in [0.15, 0.2) is 48.8 Å². The van der Waals surface area contributed by atoms with Crippen LogP contribution in [0.1, 0.15) is 16.8 Å². The van der Waals surface area contributed by atoms with E-state index in [9.17, 15) is 0 Å². The largest absolute Gasteiger partial charge is 0.393 e. The second-order valence-corrected chi connectivity index (χ2v) is 5.61. The number of hydrogen-bond acceptors (Lipinski definition) is 6. The molecule has 6 nitrogen and oxygen atoms in total. The lowest BCUT2D eigenvalue weighted by atomic mass is 10.1. The molecule has 0 atom stereocenters. The van der Waals surface area contributed by atoms with Gasteiger partial charge in [0.25, 0.3) is 0 Å². The van der Waals surface area contributed by atoms with E-state index in [0.717, 1.165) is 11.3 Å². The van der Waals surface area contributed by atoms with E-state index in [-0.39, 0.29) is 0 Å². The highest BCUT2D eigenvalue weighted by atomic mass is 15.1. The topological polar surface area (TPSA) is 88.8 Å². The molecule has 1 aromatic carbocycles. The summed E-state index contributed by atoms with van der Waals surface area (Å²) in [6.07, 6.45) is 1.48. The molecule has 0 bridgehead atoms. The molecule has 0 amide bonds. The van der Waals surface area contributed by atoms with Crippen molar-refractivity contribution in [2.45, 2.75) is 20.4 Å². The molecule has 0 fully saturated rings. The fourth-order valence-electron chi connectivity index (χ4n) is 2.26. The van der Waals surface area contributed by atoms with Gasteiger partial charge in [0.15, 0.2) is 11.6 Å². The van der Waals surface area contributed by atoms with Gasteiger partial charge in [0.05, 0.1) is 0 Å². The minimum atomic E-state index is 0.466. The number of nitrogens with two attached hydrogens (primary N) is 1. The number of hydrogen-bond donors (Lipinski definition) is 3. The van der Waals surface area contributed by atoms with Gasteiger partial charge in [-0.15, -0.1) is 0 Å². The molecule has 0 spiro atoms. The summed E-state index contributed by atoms with van der Waals surface area (Å²) in [5, 5.41) is 6.38. The Morgan fingerprint density at radius 3 is 2.46 bits per heavy atom. The van der Waals surface area contributed by atoms with Crippen LogP contribution in [0.3, 0.4) is 0 Å². The molecule has 3 rings (SSSR count). The maximum absolute atomic E-state index is 6.18. The Morgan fingerprint density at radius 1 is 0.958 bits per heavy atom. The van der Waals surface area contributed by atoms with Crippen molar-refractivity contribution in [1.82, 2.24) is 15.0 Å². The zero-order valence-corrected chi connectivity index (χ0v) is 13.7. The monoisotopic (exact) mass is 320 g/mol. The van der Waals surface area contributed by atoms with E-state index in [1.54, 1.807) is 0 Å². The summed E-state index contributed by atoms with van der Waals surface area (Å²) in [4.78, 5) is 12.8. The molecule has 3 aromatic rings. The third-order valence-corrected chi connectivity index (χ3v) is 3.60. The predicted octanol–water partition coefficient (Wildman–Crippen LogP) is 3.43. The van der Waals surface area contributed by atoms with Crippen molar-refractivity contribution in [1.29, 1.82) is 0 Å². The lowest BCUT2D eigenvalue weighted by Crippen LogP contribution is -2.08. The average Bonchev–Trinajstić information content (AvgIpc) is 2.57. The average molecular weight is 320 g/mol. The Kier molecular flexibility index (Phi) is 4.56. The van der Waals surface area contributed by atoms with E-state index in [1.165, 1.54) is 11.9 Å². The highest BCUT2D eigenvalue weighted by Crippen LogP contribution is 2.25. The third kappa shape index (κ3) is 3.78. The number of rotatable bonds is 5. The van der Waals surface area contributed by atoms with Crippen molar-refractivity contribution in [2.75, 3.05) is 16.4 Å². The van der Waals surface area contributed by atoms with Crippen LogP contribution >= 0.6 is 0 Å². The summed E-state index contributed by atoms with van der Waals surface area (Å²) in [6, 6.07) is 14.0. The molecule has 0 aliphatic rings.